The van der Waals surface area contributed by atoms with E-state index >= 15 is 0 Å². The quantitative estimate of drug-likeness (QED) is 0.254. The Morgan fingerprint density at radius 2 is 1.88 bits per heavy atom. The third kappa shape index (κ3) is 5.98. The van der Waals surface area contributed by atoms with Crippen molar-refractivity contribution in [1.29, 1.82) is 0 Å². The molecule has 0 saturated carbocycles. The zero-order chi connectivity index (χ0) is 24.0. The number of nitrogens with two attached hydrogens (primary N) is 1. The summed E-state index contributed by atoms with van der Waals surface area (Å²) in [6.07, 6.45) is 5.79. The highest BCUT2D eigenvalue weighted by Gasteiger charge is 2.31. The molecule has 10 heteroatoms. The maximum absolute atomic E-state index is 13.0. The van der Waals surface area contributed by atoms with Gasteiger partial charge in [0, 0.05) is 35.4 Å². The minimum absolute atomic E-state index is 0.115. The molecule has 0 aliphatic carbocycles. The number of aromatic nitrogens is 3. The summed E-state index contributed by atoms with van der Waals surface area (Å²) in [4.78, 5) is 47.5. The number of H-pyrrole nitrogens is 2. The lowest BCUT2D eigenvalue weighted by molar-refractivity contribution is -0.143. The molecule has 1 aromatic carbocycles. The van der Waals surface area contributed by atoms with Gasteiger partial charge in [0.2, 0.25) is 11.8 Å². The van der Waals surface area contributed by atoms with Gasteiger partial charge in [-0.3, -0.25) is 9.59 Å². The summed E-state index contributed by atoms with van der Waals surface area (Å²) in [5, 5.41) is 15.7. The summed E-state index contributed by atoms with van der Waals surface area (Å²) < 4.78 is 0. The van der Waals surface area contributed by atoms with E-state index in [9.17, 15) is 19.5 Å². The average Bonchev–Trinajstić information content (AvgIpc) is 3.46. The largest absolute Gasteiger partial charge is 0.480 e. The lowest BCUT2D eigenvalue weighted by Crippen LogP contribution is -2.56. The summed E-state index contributed by atoms with van der Waals surface area (Å²) in [7, 11) is 0. The number of imidazole rings is 1. The first kappa shape index (κ1) is 24.0. The summed E-state index contributed by atoms with van der Waals surface area (Å²) >= 11 is 0. The van der Waals surface area contributed by atoms with Crippen molar-refractivity contribution in [2.24, 2.45) is 11.7 Å². The molecule has 0 fully saturated rings. The van der Waals surface area contributed by atoms with Gasteiger partial charge in [-0.1, -0.05) is 38.5 Å². The second kappa shape index (κ2) is 10.8. The van der Waals surface area contributed by atoms with Crippen molar-refractivity contribution in [3.05, 3.63) is 54.2 Å². The van der Waals surface area contributed by atoms with Gasteiger partial charge in [0.15, 0.2) is 0 Å². The lowest BCUT2D eigenvalue weighted by atomic mass is 9.98. The Morgan fingerprint density at radius 3 is 2.55 bits per heavy atom. The van der Waals surface area contributed by atoms with E-state index in [0.29, 0.717) is 12.1 Å². The average molecular weight is 455 g/mol. The zero-order valence-electron chi connectivity index (χ0n) is 18.7. The number of carbonyl (C=O) groups is 3. The highest BCUT2D eigenvalue weighted by Crippen LogP contribution is 2.19. The monoisotopic (exact) mass is 454 g/mol. The van der Waals surface area contributed by atoms with Crippen LogP contribution in [0.4, 0.5) is 0 Å². The van der Waals surface area contributed by atoms with Crippen molar-refractivity contribution in [3.8, 4) is 0 Å². The number of nitrogens with one attached hydrogen (secondary N) is 4. The molecule has 0 unspecified atom stereocenters. The first-order valence-corrected chi connectivity index (χ1v) is 10.9. The molecule has 0 spiro atoms. The number of amides is 2. The number of fused-ring (bicyclic) bond motifs is 1. The Balaban J connectivity index is 1.72. The molecule has 3 aromatic rings. The van der Waals surface area contributed by atoms with Crippen LogP contribution in [-0.4, -0.2) is 56.0 Å². The zero-order valence-corrected chi connectivity index (χ0v) is 18.7. The molecule has 0 bridgehead atoms. The predicted octanol–water partition coefficient (Wildman–Crippen LogP) is 1.10. The van der Waals surface area contributed by atoms with Crippen LogP contribution in [0.3, 0.4) is 0 Å². The molecule has 10 nitrogen and oxygen atoms in total. The second-order valence-electron chi connectivity index (χ2n) is 8.22. The highest BCUT2D eigenvalue weighted by atomic mass is 16.4. The SMILES string of the molecule is CC[C@H](C)[C@H](NC(=O)[C@H](Cc1cnc[nH]1)NC(=O)[C@@H](N)Cc1c[nH]c2ccccc12)C(=O)O. The van der Waals surface area contributed by atoms with Crippen LogP contribution in [0.15, 0.2) is 43.0 Å². The summed E-state index contributed by atoms with van der Waals surface area (Å²) in [5.41, 5.74) is 8.63. The van der Waals surface area contributed by atoms with Crippen LogP contribution in [0.5, 0.6) is 0 Å². The van der Waals surface area contributed by atoms with Crippen LogP contribution in [-0.2, 0) is 27.2 Å². The fourth-order valence-corrected chi connectivity index (χ4v) is 3.67. The van der Waals surface area contributed by atoms with Crippen molar-refractivity contribution < 1.29 is 19.5 Å². The molecule has 0 aliphatic heterocycles. The highest BCUT2D eigenvalue weighted by molar-refractivity contribution is 5.92. The first-order chi connectivity index (χ1) is 15.8. The van der Waals surface area contributed by atoms with Crippen LogP contribution in [0, 0.1) is 5.92 Å². The number of para-hydroxylation sites is 1. The van der Waals surface area contributed by atoms with Crippen LogP contribution in [0.1, 0.15) is 31.5 Å². The number of hydrogen-bond donors (Lipinski definition) is 6. The van der Waals surface area contributed by atoms with E-state index in [2.05, 4.69) is 25.6 Å². The molecule has 2 heterocycles. The Bertz CT molecular complexity index is 1090. The van der Waals surface area contributed by atoms with Gasteiger partial charge < -0.3 is 31.4 Å². The number of aliphatic carboxylic acids is 1. The van der Waals surface area contributed by atoms with Crippen LogP contribution in [0.2, 0.25) is 0 Å². The van der Waals surface area contributed by atoms with Gasteiger partial charge in [-0.2, -0.15) is 0 Å². The lowest BCUT2D eigenvalue weighted by Gasteiger charge is -2.25. The van der Waals surface area contributed by atoms with Gasteiger partial charge in [0.05, 0.1) is 12.4 Å². The third-order valence-corrected chi connectivity index (χ3v) is 5.84. The summed E-state index contributed by atoms with van der Waals surface area (Å²) in [6.45, 7) is 3.60. The number of carbonyl (C=O) groups excluding carboxylic acids is 2. The molecule has 4 atom stereocenters. The molecule has 33 heavy (non-hydrogen) atoms. The fourth-order valence-electron chi connectivity index (χ4n) is 3.67. The maximum atomic E-state index is 13.0. The van der Waals surface area contributed by atoms with E-state index in [0.717, 1.165) is 16.5 Å². The van der Waals surface area contributed by atoms with E-state index < -0.39 is 35.9 Å². The minimum atomic E-state index is -1.12. The molecule has 0 aliphatic rings. The van der Waals surface area contributed by atoms with Crippen molar-refractivity contribution in [2.75, 3.05) is 0 Å². The van der Waals surface area contributed by atoms with Gasteiger partial charge in [0.25, 0.3) is 0 Å². The number of nitrogens with zero attached hydrogens (tertiary/aromatic N) is 1. The third-order valence-electron chi connectivity index (χ3n) is 5.84. The van der Waals surface area contributed by atoms with E-state index in [1.165, 1.54) is 6.33 Å². The van der Waals surface area contributed by atoms with Crippen LogP contribution >= 0.6 is 0 Å². The Morgan fingerprint density at radius 1 is 1.12 bits per heavy atom. The molecule has 3 rings (SSSR count). The fraction of sp³-hybridized carbons (Fsp3) is 0.391. The van der Waals surface area contributed by atoms with Crippen molar-refractivity contribution in [3.63, 3.8) is 0 Å². The van der Waals surface area contributed by atoms with Crippen molar-refractivity contribution in [2.45, 2.75) is 51.2 Å². The van der Waals surface area contributed by atoms with E-state index in [-0.39, 0.29) is 18.8 Å². The van der Waals surface area contributed by atoms with Crippen molar-refractivity contribution >= 4 is 28.7 Å². The predicted molar refractivity (Wildman–Crippen MR) is 123 cm³/mol. The molecule has 2 amide bonds. The number of aromatic amines is 2. The molecular formula is C23H30N6O4. The minimum Gasteiger partial charge on any atom is -0.480 e. The molecular weight excluding hydrogens is 424 g/mol. The van der Waals surface area contributed by atoms with Gasteiger partial charge in [0.1, 0.15) is 12.1 Å². The maximum Gasteiger partial charge on any atom is 0.326 e. The van der Waals surface area contributed by atoms with Gasteiger partial charge in [-0.05, 0) is 24.0 Å². The van der Waals surface area contributed by atoms with E-state index in [1.807, 2.05) is 37.4 Å². The standard InChI is InChI=1S/C23H30N6O4/c1-3-13(2)20(23(32)33)29-22(31)19(9-15-11-25-12-27-15)28-21(30)17(24)8-14-10-26-18-7-5-4-6-16(14)18/h4-7,10-13,17,19-20,26H,3,8-9,24H2,1-2H3,(H,25,27)(H,28,30)(H,29,31)(H,32,33)/t13-,17-,19-,20-/m0/s1. The van der Waals surface area contributed by atoms with E-state index in [4.69, 9.17) is 5.73 Å². The second-order valence-corrected chi connectivity index (χ2v) is 8.22. The molecule has 7 N–H and O–H groups in total. The smallest absolute Gasteiger partial charge is 0.326 e. The van der Waals surface area contributed by atoms with Gasteiger partial charge in [-0.15, -0.1) is 0 Å². The summed E-state index contributed by atoms with van der Waals surface area (Å²) in [5.74, 6) is -2.50. The Hall–Kier alpha value is -3.66. The summed E-state index contributed by atoms with van der Waals surface area (Å²) in [6, 6.07) is 4.73. The van der Waals surface area contributed by atoms with Crippen LogP contribution < -0.4 is 16.4 Å². The van der Waals surface area contributed by atoms with Gasteiger partial charge >= 0.3 is 5.97 Å². The first-order valence-electron chi connectivity index (χ1n) is 10.9. The Kier molecular flexibility index (Phi) is 7.83. The van der Waals surface area contributed by atoms with E-state index in [1.54, 1.807) is 13.1 Å². The molecule has 2 aromatic heterocycles. The normalized spacial score (nSPS) is 14.9. The Labute approximate surface area is 191 Å². The number of rotatable bonds is 11. The van der Waals surface area contributed by atoms with Gasteiger partial charge in [-0.25, -0.2) is 9.78 Å². The topological polar surface area (TPSA) is 166 Å². The number of hydrogen-bond acceptors (Lipinski definition) is 5. The number of carboxylic acids is 1. The van der Waals surface area contributed by atoms with Crippen molar-refractivity contribution in [1.82, 2.24) is 25.6 Å². The van der Waals surface area contributed by atoms with Crippen LogP contribution in [0.25, 0.3) is 10.9 Å². The number of benzene rings is 1. The molecule has 0 radical (unpaired) electrons. The molecule has 176 valence electrons. The number of carboxylic acid groups (broad SMARTS) is 1. The molecule has 0 saturated heterocycles.